The zero-order valence-corrected chi connectivity index (χ0v) is 77.3. The summed E-state index contributed by atoms with van der Waals surface area (Å²) in [5.41, 5.74) is 20.7. The minimum atomic E-state index is -0.301. The summed E-state index contributed by atoms with van der Waals surface area (Å²) in [6.07, 6.45) is 12.0. The van der Waals surface area contributed by atoms with E-state index in [4.69, 9.17) is 40.0 Å². The van der Waals surface area contributed by atoms with E-state index in [1.807, 2.05) is 36.4 Å². The molecule has 0 saturated carbocycles. The zero-order chi connectivity index (χ0) is 74.2. The zero-order valence-electron chi connectivity index (χ0n) is 63.2. The quantitative estimate of drug-likeness (QED) is 0.0806. The molecule has 0 radical (unpaired) electrons. The average molecular weight is 1590 g/mol. The summed E-state index contributed by atoms with van der Waals surface area (Å²) in [6, 6.07) is 52.3. The molecule has 12 aromatic rings. The fourth-order valence-corrected chi connectivity index (χ4v) is 7.67. The van der Waals surface area contributed by atoms with Crippen LogP contribution in [-0.2, 0) is 21.7 Å². The topological polar surface area (TPSA) is 377 Å². The first-order chi connectivity index (χ1) is 47.7. The molecule has 0 aliphatic heterocycles. The van der Waals surface area contributed by atoms with Gasteiger partial charge in [0.25, 0.3) is 11.8 Å². The van der Waals surface area contributed by atoms with Crippen molar-refractivity contribution in [2.75, 3.05) is 45.6 Å². The average Bonchev–Trinajstić information content (AvgIpc) is 1.86. The van der Waals surface area contributed by atoms with Crippen LogP contribution in [0.25, 0.3) is 0 Å². The first-order valence-corrected chi connectivity index (χ1v) is 31.8. The predicted octanol–water partition coefficient (Wildman–Crippen LogP) is 2.65. The van der Waals surface area contributed by atoms with Crippen LogP contribution in [0.15, 0.2) is 168 Å². The van der Waals surface area contributed by atoms with Gasteiger partial charge in [-0.25, -0.2) is 45.5 Å². The van der Waals surface area contributed by atoms with Gasteiger partial charge < -0.3 is 61.3 Å². The van der Waals surface area contributed by atoms with Gasteiger partial charge in [0, 0.05) is 24.4 Å². The molecule has 12 rings (SSSR count). The van der Waals surface area contributed by atoms with Crippen LogP contribution in [0.1, 0.15) is 145 Å². The summed E-state index contributed by atoms with van der Waals surface area (Å²) in [6.45, 7) is 30.1. The number of amides is 2. The summed E-state index contributed by atoms with van der Waals surface area (Å²) < 4.78 is 25.1. The molecule has 0 atom stereocenters. The van der Waals surface area contributed by atoms with Crippen LogP contribution in [0.4, 0.5) is 52.0 Å². The maximum absolute atomic E-state index is 12.0. The fourth-order valence-electron chi connectivity index (χ4n) is 7.30. The minimum absolute atomic E-state index is 0. The predicted molar refractivity (Wildman–Crippen MR) is 390 cm³/mol. The van der Waals surface area contributed by atoms with Crippen LogP contribution in [0, 0.1) is 69.8 Å². The van der Waals surface area contributed by atoms with Gasteiger partial charge in [0.15, 0.2) is 0 Å². The number of aromatic nitrogens is 12. The van der Waals surface area contributed by atoms with Crippen molar-refractivity contribution in [2.24, 2.45) is 0 Å². The Bertz CT molecular complexity index is 4040. The van der Waals surface area contributed by atoms with Crippen molar-refractivity contribution >= 4 is 79.7 Å². The third kappa shape index (κ3) is 39.1. The Morgan fingerprint density at radius 2 is 0.781 bits per heavy atom. The number of ether oxygens (including phenoxy) is 1. The van der Waals surface area contributed by atoms with Crippen LogP contribution < -0.4 is 249 Å². The summed E-state index contributed by atoms with van der Waals surface area (Å²) in [5, 5.41) is 25.6. The van der Waals surface area contributed by atoms with Gasteiger partial charge in [-0.15, -0.1) is 73.3 Å². The van der Waals surface area contributed by atoms with E-state index in [-0.39, 0.29) is 251 Å². The Hall–Kier alpha value is -5.19. The molecule has 10 N–H and O–H groups in total. The molecule has 0 spiro atoms. The molecule has 0 aliphatic rings. The van der Waals surface area contributed by atoms with Crippen molar-refractivity contribution in [3.8, 4) is 5.88 Å². The van der Waals surface area contributed by atoms with Gasteiger partial charge in [-0.05, 0) is 81.4 Å². The Morgan fingerprint density at radius 1 is 0.438 bits per heavy atom. The van der Waals surface area contributed by atoms with E-state index in [0.29, 0.717) is 68.2 Å². The van der Waals surface area contributed by atoms with Crippen LogP contribution in [0.5, 0.6) is 5.88 Å². The van der Waals surface area contributed by atoms with Crippen LogP contribution in [0.3, 0.4) is 0 Å². The van der Waals surface area contributed by atoms with Crippen LogP contribution in [0.2, 0.25) is 0 Å². The number of hydrogen-bond acceptors (Lipinski definition) is 24. The molecule has 4 aromatic carbocycles. The summed E-state index contributed by atoms with van der Waals surface area (Å²) in [5.74, 6) is 7.24. The Labute approximate surface area is 793 Å². The van der Waals surface area contributed by atoms with Gasteiger partial charge in [0.05, 0.1) is 11.6 Å². The molecule has 0 aliphatic carbocycles. The molecule has 31 heteroatoms. The maximum Gasteiger partial charge on any atom is 1.00 e. The number of nitrogen functional groups attached to an aromatic ring is 3. The molecule has 530 valence electrons. The number of halogens is 1. The number of methoxy groups -OCH3 is 1. The fraction of sp³-hybridized carbons (Fsp3) is 0.270. The van der Waals surface area contributed by atoms with Gasteiger partial charge in [-0.1, -0.05) is 106 Å². The number of nitrogens with one attached hydrogen (secondary N) is 4. The van der Waals surface area contributed by atoms with Crippen molar-refractivity contribution in [1.82, 2.24) is 60.5 Å². The largest absolute Gasteiger partial charge is 1.00 e. The molecular formula is C74H82BrK4N19O7-4. The number of aryl methyl sites for hydroxylation is 3. The van der Waals surface area contributed by atoms with E-state index in [9.17, 15) is 9.59 Å². The number of carbonyl (C=O) groups excluding carboxylic acids is 2. The van der Waals surface area contributed by atoms with Gasteiger partial charge in [0.2, 0.25) is 11.8 Å². The molecule has 105 heavy (non-hydrogen) atoms. The van der Waals surface area contributed by atoms with Gasteiger partial charge in [-0.2, -0.15) is 112 Å². The molecule has 8 heterocycles. The molecule has 26 nitrogen and oxygen atoms in total. The van der Waals surface area contributed by atoms with Crippen molar-refractivity contribution in [2.45, 2.75) is 126 Å². The maximum atomic E-state index is 12.0. The number of nitrogens with two attached hydrogens (primary N) is 3. The molecule has 2 amide bonds. The van der Waals surface area contributed by atoms with Crippen molar-refractivity contribution < 1.29 is 238 Å². The van der Waals surface area contributed by atoms with E-state index >= 15 is 0 Å². The van der Waals surface area contributed by atoms with E-state index in [0.717, 1.165) is 34.4 Å². The standard InChI is InChI=1S/C13H12N3O2.C12H9BrN3O.C11H11N4.C10H10N5.4C7H10NO.4K/c1-9-14-11(8-12(15-9)18-2)13(17)16-10-6-4-3-5-7-10;1-8-14-7-10(13)11(15-8)12(17)16-9-5-3-2-4-6-9;1-8-13-10(12)7-11(14-8)15-9-5-3-2-4-6-9;11-8-6-9(15-10(12)14-8)13-7-4-2-1-3-5-7;4*1-7(2,3)6-4-5-8-9-6;;;;/h4-8H,1-2H3,(H,16,17);3-7H,1H3,(H,16,17);3-7H,1H3,(H3,12,13,14,15);2-6H,(H5,11,12,13,14,15);4*4H,1-3H3;;;;/q8*-1;4*+1. The number of hydrogen-bond donors (Lipinski definition) is 7. The monoisotopic (exact) mass is 1580 g/mol. The van der Waals surface area contributed by atoms with E-state index in [1.54, 1.807) is 124 Å². The molecule has 8 aromatic heterocycles. The number of benzene rings is 4. The summed E-state index contributed by atoms with van der Waals surface area (Å²) in [7, 11) is 1.50. The van der Waals surface area contributed by atoms with Crippen molar-refractivity contribution in [3.63, 3.8) is 0 Å². The van der Waals surface area contributed by atoms with Crippen molar-refractivity contribution in [3.05, 3.63) is 251 Å². The number of carbonyl (C=O) groups is 2. The number of rotatable bonds is 9. The molecule has 0 fully saturated rings. The smallest absolute Gasteiger partial charge is 0.481 e. The second kappa shape index (κ2) is 49.8. The van der Waals surface area contributed by atoms with E-state index in [2.05, 4.69) is 230 Å². The van der Waals surface area contributed by atoms with E-state index < -0.39 is 0 Å². The first-order valence-electron chi connectivity index (χ1n) is 31.0. The Morgan fingerprint density at radius 3 is 1.10 bits per heavy atom. The molecule has 0 saturated heterocycles. The third-order valence-electron chi connectivity index (χ3n) is 12.4. The number of nitrogens with zero attached hydrogens (tertiary/aromatic N) is 12. The second-order valence-electron chi connectivity index (χ2n) is 25.3. The minimum Gasteiger partial charge on any atom is -0.481 e. The van der Waals surface area contributed by atoms with Gasteiger partial charge in [-0.3, -0.25) is 9.59 Å². The van der Waals surface area contributed by atoms with E-state index in [1.165, 1.54) is 13.2 Å². The Kier molecular flexibility index (Phi) is 46.4. The molecular weight excluding hydrogens is 1500 g/mol. The van der Waals surface area contributed by atoms with Crippen LogP contribution >= 0.6 is 15.9 Å². The van der Waals surface area contributed by atoms with Gasteiger partial charge >= 0.3 is 206 Å². The molecule has 0 bridgehead atoms. The normalized spacial score (nSPS) is 10.2. The van der Waals surface area contributed by atoms with Crippen molar-refractivity contribution in [1.29, 1.82) is 0 Å². The summed E-state index contributed by atoms with van der Waals surface area (Å²) in [4.78, 5) is 56.1. The Balaban J connectivity index is 0.000000606. The summed E-state index contributed by atoms with van der Waals surface area (Å²) >= 11 is 3.25. The number of anilines is 9. The second-order valence-corrected chi connectivity index (χ2v) is 26.2. The molecule has 0 unspecified atom stereocenters. The third-order valence-corrected chi connectivity index (χ3v) is 13.0. The van der Waals surface area contributed by atoms with Crippen LogP contribution in [-0.4, -0.2) is 79.4 Å². The van der Waals surface area contributed by atoms with Gasteiger partial charge in [0.1, 0.15) is 52.1 Å². The SMILES string of the molecule is CC(C)(C)c1c[c-]no1.CC(C)(C)c1c[c-]no1.CC(C)(C)c1c[c-]no1.CC(C)(C)c1c[c-]no1.COc1cc(C(=O)Nc2cc[c-]cc2)nc(C)n1.Cc1nc(N)cc(Nc2cc[c-]cc2)n1.Cc1ncc(Br)c(C(=O)Nc2cc[c-]cc2)n1.Nc1cc(Nc2cc[c-]cc2)nc(N)n1.[K+].[K+].[K+].[K+]. The first kappa shape index (κ1) is 97.8.